The molecule has 0 radical (unpaired) electrons. The van der Waals surface area contributed by atoms with Crippen LogP contribution in [0.3, 0.4) is 0 Å². The third kappa shape index (κ3) is 4.85. The van der Waals surface area contributed by atoms with Gasteiger partial charge in [-0.25, -0.2) is 4.98 Å². The monoisotopic (exact) mass is 372 g/mol. The van der Waals surface area contributed by atoms with Crippen molar-refractivity contribution in [1.29, 1.82) is 0 Å². The van der Waals surface area contributed by atoms with Gasteiger partial charge >= 0.3 is 0 Å². The number of nitrogens with one attached hydrogen (secondary N) is 3. The number of para-hydroxylation sites is 1. The van der Waals surface area contributed by atoms with Crippen LogP contribution in [0, 0.1) is 12.8 Å². The van der Waals surface area contributed by atoms with Gasteiger partial charge in [0.2, 0.25) is 5.91 Å². The first-order valence-corrected chi connectivity index (χ1v) is 8.08. The van der Waals surface area contributed by atoms with Crippen molar-refractivity contribution in [3.63, 3.8) is 0 Å². The Morgan fingerprint density at radius 3 is 2.88 bits per heavy atom. The largest absolute Gasteiger partial charge is 0.352 e. The Hall–Kier alpha value is -1.30. The molecular formula is C17H26Cl2N4O. The lowest BCUT2D eigenvalue weighted by Gasteiger charge is -2.30. The molecule has 0 aliphatic carbocycles. The molecular weight excluding hydrogens is 347 g/mol. The smallest absolute Gasteiger partial charge is 0.220 e. The van der Waals surface area contributed by atoms with E-state index in [2.05, 4.69) is 40.5 Å². The van der Waals surface area contributed by atoms with E-state index in [0.717, 1.165) is 41.9 Å². The number of rotatable bonds is 4. The quantitative estimate of drug-likeness (QED) is 0.772. The molecule has 0 saturated carbocycles. The molecule has 7 heteroatoms. The van der Waals surface area contributed by atoms with E-state index < -0.39 is 0 Å². The molecule has 0 bridgehead atoms. The Balaban J connectivity index is 0.00000144. The van der Waals surface area contributed by atoms with Crippen molar-refractivity contribution >= 4 is 41.8 Å². The van der Waals surface area contributed by atoms with Crippen LogP contribution < -0.4 is 10.6 Å². The fraction of sp³-hybridized carbons (Fsp3) is 0.529. The van der Waals surface area contributed by atoms with E-state index in [0.29, 0.717) is 18.8 Å². The van der Waals surface area contributed by atoms with E-state index >= 15 is 0 Å². The number of piperidine rings is 1. The van der Waals surface area contributed by atoms with Crippen LogP contribution in [-0.2, 0) is 11.2 Å². The minimum Gasteiger partial charge on any atom is -0.352 e. The number of aryl methyl sites for hydroxylation is 2. The van der Waals surface area contributed by atoms with Gasteiger partial charge in [-0.1, -0.05) is 19.1 Å². The average molecular weight is 373 g/mol. The summed E-state index contributed by atoms with van der Waals surface area (Å²) < 4.78 is 0. The Labute approximate surface area is 155 Å². The molecule has 1 aliphatic heterocycles. The fourth-order valence-corrected chi connectivity index (χ4v) is 3.04. The zero-order valence-electron chi connectivity index (χ0n) is 14.1. The number of aromatic nitrogens is 2. The Kier molecular flexibility index (Phi) is 8.00. The van der Waals surface area contributed by atoms with E-state index in [-0.39, 0.29) is 36.8 Å². The van der Waals surface area contributed by atoms with E-state index in [4.69, 9.17) is 0 Å². The number of hydrogen-bond acceptors (Lipinski definition) is 3. The summed E-state index contributed by atoms with van der Waals surface area (Å²) in [6.45, 7) is 6.17. The lowest BCUT2D eigenvalue weighted by Crippen LogP contribution is -2.50. The van der Waals surface area contributed by atoms with Crippen molar-refractivity contribution in [3.05, 3.63) is 29.6 Å². The van der Waals surface area contributed by atoms with Crippen LogP contribution >= 0.6 is 24.8 Å². The molecule has 2 atom stereocenters. The molecule has 1 aromatic carbocycles. The highest BCUT2D eigenvalue weighted by Crippen LogP contribution is 2.16. The Morgan fingerprint density at radius 1 is 1.38 bits per heavy atom. The van der Waals surface area contributed by atoms with E-state index in [1.165, 1.54) is 0 Å². The SMILES string of the molecule is Cc1cccc2[nH]c(CCC(=O)NC3CNCCC3C)nc12.Cl.Cl. The summed E-state index contributed by atoms with van der Waals surface area (Å²) in [6.07, 6.45) is 2.24. The van der Waals surface area contributed by atoms with Gasteiger partial charge in [0.15, 0.2) is 0 Å². The summed E-state index contributed by atoms with van der Waals surface area (Å²) in [4.78, 5) is 20.0. The van der Waals surface area contributed by atoms with Crippen molar-refractivity contribution < 1.29 is 4.79 Å². The number of benzene rings is 1. The lowest BCUT2D eigenvalue weighted by molar-refractivity contribution is -0.122. The van der Waals surface area contributed by atoms with Crippen LogP contribution in [0.5, 0.6) is 0 Å². The number of aromatic amines is 1. The van der Waals surface area contributed by atoms with Gasteiger partial charge in [0, 0.05) is 25.4 Å². The second kappa shape index (κ2) is 9.25. The second-order valence-electron chi connectivity index (χ2n) is 6.30. The highest BCUT2D eigenvalue weighted by atomic mass is 35.5. The summed E-state index contributed by atoms with van der Waals surface area (Å²) in [6, 6.07) is 6.34. The lowest BCUT2D eigenvalue weighted by atomic mass is 9.95. The summed E-state index contributed by atoms with van der Waals surface area (Å²) in [5.41, 5.74) is 3.20. The van der Waals surface area contributed by atoms with Crippen LogP contribution in [-0.4, -0.2) is 35.0 Å². The number of H-pyrrole nitrogens is 1. The van der Waals surface area contributed by atoms with Crippen LogP contribution in [0.15, 0.2) is 18.2 Å². The van der Waals surface area contributed by atoms with Crippen LogP contribution in [0.4, 0.5) is 0 Å². The molecule has 2 unspecified atom stereocenters. The summed E-state index contributed by atoms with van der Waals surface area (Å²) in [7, 11) is 0. The molecule has 1 amide bonds. The van der Waals surface area contributed by atoms with Crippen LogP contribution in [0.2, 0.25) is 0 Å². The van der Waals surface area contributed by atoms with Gasteiger partial charge < -0.3 is 15.6 Å². The highest BCUT2D eigenvalue weighted by molar-refractivity contribution is 5.85. The molecule has 5 nitrogen and oxygen atoms in total. The zero-order valence-corrected chi connectivity index (χ0v) is 15.7. The number of imidazole rings is 1. The van der Waals surface area contributed by atoms with Gasteiger partial charge in [-0.15, -0.1) is 24.8 Å². The van der Waals surface area contributed by atoms with E-state index in [1.807, 2.05) is 12.1 Å². The third-order valence-electron chi connectivity index (χ3n) is 4.53. The predicted octanol–water partition coefficient (Wildman–Crippen LogP) is 2.76. The Morgan fingerprint density at radius 2 is 2.17 bits per heavy atom. The molecule has 2 aromatic rings. The minimum atomic E-state index is 0. The van der Waals surface area contributed by atoms with Crippen molar-refractivity contribution in [2.24, 2.45) is 5.92 Å². The van der Waals surface area contributed by atoms with Gasteiger partial charge in [0.05, 0.1) is 11.0 Å². The number of hydrogen-bond donors (Lipinski definition) is 3. The third-order valence-corrected chi connectivity index (χ3v) is 4.53. The van der Waals surface area contributed by atoms with E-state index in [1.54, 1.807) is 0 Å². The molecule has 2 heterocycles. The van der Waals surface area contributed by atoms with Crippen molar-refractivity contribution in [3.8, 4) is 0 Å². The molecule has 1 saturated heterocycles. The standard InChI is InChI=1S/C17H24N4O.2ClH/c1-11-8-9-18-10-14(11)20-16(22)7-6-15-19-13-5-3-4-12(2)17(13)21-15;;/h3-5,11,14,18H,6-10H2,1-2H3,(H,19,21)(H,20,22);2*1H. The Bertz CT molecular complexity index is 674. The molecule has 24 heavy (non-hydrogen) atoms. The molecule has 3 rings (SSSR count). The van der Waals surface area contributed by atoms with Crippen molar-refractivity contribution in [1.82, 2.24) is 20.6 Å². The van der Waals surface area contributed by atoms with Gasteiger partial charge in [-0.3, -0.25) is 4.79 Å². The number of carbonyl (C=O) groups excluding carboxylic acids is 1. The number of amides is 1. The summed E-state index contributed by atoms with van der Waals surface area (Å²) in [5.74, 6) is 1.53. The van der Waals surface area contributed by atoms with Crippen LogP contribution in [0.25, 0.3) is 11.0 Å². The number of fused-ring (bicyclic) bond motifs is 1. The molecule has 1 aromatic heterocycles. The zero-order chi connectivity index (χ0) is 15.5. The van der Waals surface area contributed by atoms with Crippen molar-refractivity contribution in [2.75, 3.05) is 13.1 Å². The minimum absolute atomic E-state index is 0. The normalized spacial score (nSPS) is 20.1. The molecule has 1 aliphatic rings. The number of nitrogens with zero attached hydrogens (tertiary/aromatic N) is 1. The highest BCUT2D eigenvalue weighted by Gasteiger charge is 2.22. The van der Waals surface area contributed by atoms with E-state index in [9.17, 15) is 4.79 Å². The maximum Gasteiger partial charge on any atom is 0.220 e. The molecule has 0 spiro atoms. The molecule has 1 fully saturated rings. The summed E-state index contributed by atoms with van der Waals surface area (Å²) in [5, 5.41) is 6.48. The topological polar surface area (TPSA) is 69.8 Å². The second-order valence-corrected chi connectivity index (χ2v) is 6.30. The maximum atomic E-state index is 12.1. The number of halogens is 2. The average Bonchev–Trinajstić information content (AvgIpc) is 2.92. The molecule has 3 N–H and O–H groups in total. The first-order valence-electron chi connectivity index (χ1n) is 8.08. The van der Waals surface area contributed by atoms with Gasteiger partial charge in [-0.2, -0.15) is 0 Å². The van der Waals surface area contributed by atoms with Crippen molar-refractivity contribution in [2.45, 2.75) is 39.2 Å². The fourth-order valence-electron chi connectivity index (χ4n) is 3.04. The first kappa shape index (κ1) is 20.7. The van der Waals surface area contributed by atoms with Crippen LogP contribution in [0.1, 0.15) is 31.2 Å². The van der Waals surface area contributed by atoms with Gasteiger partial charge in [-0.05, 0) is 37.4 Å². The predicted molar refractivity (Wildman–Crippen MR) is 102 cm³/mol. The molecule has 134 valence electrons. The summed E-state index contributed by atoms with van der Waals surface area (Å²) >= 11 is 0. The van der Waals surface area contributed by atoms with Gasteiger partial charge in [0.25, 0.3) is 0 Å². The number of carbonyl (C=O) groups is 1. The first-order chi connectivity index (χ1) is 10.6. The van der Waals surface area contributed by atoms with Gasteiger partial charge in [0.1, 0.15) is 5.82 Å². The maximum absolute atomic E-state index is 12.1.